The van der Waals surface area contributed by atoms with Crippen molar-refractivity contribution in [2.45, 2.75) is 31.7 Å². The number of likely N-dealkylation sites (tertiary alicyclic amines) is 1. The Hall–Kier alpha value is -2.51. The zero-order chi connectivity index (χ0) is 19.3. The van der Waals surface area contributed by atoms with Gasteiger partial charge in [0.25, 0.3) is 5.91 Å². The predicted molar refractivity (Wildman–Crippen MR) is 113 cm³/mol. The molecule has 1 aromatic carbocycles. The van der Waals surface area contributed by atoms with Gasteiger partial charge in [-0.15, -0.1) is 22.7 Å². The van der Waals surface area contributed by atoms with Crippen LogP contribution in [0.1, 0.15) is 33.8 Å². The highest BCUT2D eigenvalue weighted by Gasteiger charge is 2.29. The van der Waals surface area contributed by atoms with Gasteiger partial charge in [0.05, 0.1) is 17.0 Å². The van der Waals surface area contributed by atoms with Gasteiger partial charge in [0, 0.05) is 18.0 Å². The van der Waals surface area contributed by atoms with Gasteiger partial charge in [-0.1, -0.05) is 36.4 Å². The quantitative estimate of drug-likeness (QED) is 0.660. The van der Waals surface area contributed by atoms with Crippen LogP contribution in [-0.4, -0.2) is 34.3 Å². The number of thiazole rings is 1. The molecule has 5 nitrogen and oxygen atoms in total. The van der Waals surface area contributed by atoms with Crippen LogP contribution in [0.25, 0.3) is 0 Å². The topological polar surface area (TPSA) is 62.3 Å². The second-order valence-electron chi connectivity index (χ2n) is 6.83. The van der Waals surface area contributed by atoms with Crippen LogP contribution in [0.15, 0.2) is 53.2 Å². The molecule has 1 N–H and O–H groups in total. The van der Waals surface area contributed by atoms with E-state index in [4.69, 9.17) is 0 Å². The lowest BCUT2D eigenvalue weighted by molar-refractivity contribution is -0.131. The zero-order valence-electron chi connectivity index (χ0n) is 15.3. The van der Waals surface area contributed by atoms with Gasteiger partial charge in [0.2, 0.25) is 5.91 Å². The molecule has 7 heteroatoms. The number of aromatic nitrogens is 1. The third-order valence-electron chi connectivity index (χ3n) is 4.86. The molecule has 1 saturated heterocycles. The number of hydrogen-bond acceptors (Lipinski definition) is 5. The molecule has 2 aromatic heterocycles. The fraction of sp³-hybridized carbons (Fsp3) is 0.286. The van der Waals surface area contributed by atoms with Gasteiger partial charge in [0.15, 0.2) is 5.13 Å². The highest BCUT2D eigenvalue weighted by Crippen LogP contribution is 2.24. The van der Waals surface area contributed by atoms with E-state index in [1.54, 1.807) is 6.07 Å². The first-order chi connectivity index (χ1) is 13.7. The summed E-state index contributed by atoms with van der Waals surface area (Å²) >= 11 is 2.74. The third kappa shape index (κ3) is 4.48. The van der Waals surface area contributed by atoms with Crippen molar-refractivity contribution in [2.24, 2.45) is 0 Å². The molecule has 0 radical (unpaired) electrons. The third-order valence-corrected chi connectivity index (χ3v) is 6.54. The Morgan fingerprint density at radius 2 is 2.00 bits per heavy atom. The van der Waals surface area contributed by atoms with Gasteiger partial charge in [-0.3, -0.25) is 14.9 Å². The Labute approximate surface area is 172 Å². The molecular weight excluding hydrogens is 390 g/mol. The normalized spacial score (nSPS) is 16.3. The first kappa shape index (κ1) is 18.8. The zero-order valence-corrected chi connectivity index (χ0v) is 17.0. The van der Waals surface area contributed by atoms with Gasteiger partial charge < -0.3 is 4.90 Å². The summed E-state index contributed by atoms with van der Waals surface area (Å²) in [5, 5.41) is 7.05. The fourth-order valence-corrected chi connectivity index (χ4v) is 4.86. The summed E-state index contributed by atoms with van der Waals surface area (Å²) in [6, 6.07) is 14.2. The Kier molecular flexibility index (Phi) is 5.83. The average Bonchev–Trinajstić information content (AvgIpc) is 3.44. The molecule has 3 aromatic rings. The van der Waals surface area contributed by atoms with E-state index in [0.717, 1.165) is 25.8 Å². The average molecular weight is 412 g/mol. The van der Waals surface area contributed by atoms with Gasteiger partial charge in [-0.25, -0.2) is 4.98 Å². The first-order valence-electron chi connectivity index (χ1n) is 9.32. The molecule has 0 spiro atoms. The van der Waals surface area contributed by atoms with Crippen LogP contribution in [0, 0.1) is 0 Å². The van der Waals surface area contributed by atoms with E-state index < -0.39 is 0 Å². The minimum absolute atomic E-state index is 0.111. The van der Waals surface area contributed by atoms with Gasteiger partial charge in [0.1, 0.15) is 0 Å². The van der Waals surface area contributed by atoms with Crippen LogP contribution in [0.5, 0.6) is 0 Å². The first-order valence-corrected chi connectivity index (χ1v) is 11.1. The molecule has 0 saturated carbocycles. The number of nitrogens with one attached hydrogen (secondary N) is 1. The number of carbonyl (C=O) groups is 2. The second kappa shape index (κ2) is 8.67. The predicted octanol–water partition coefficient (Wildman–Crippen LogP) is 4.23. The van der Waals surface area contributed by atoms with Gasteiger partial charge in [-0.2, -0.15) is 0 Å². The fourth-order valence-electron chi connectivity index (χ4n) is 3.53. The molecule has 0 aliphatic carbocycles. The lowest BCUT2D eigenvalue weighted by Gasteiger charge is -2.24. The van der Waals surface area contributed by atoms with E-state index in [1.807, 2.05) is 39.9 Å². The molecule has 1 atom stereocenters. The van der Waals surface area contributed by atoms with Gasteiger partial charge in [-0.05, 0) is 36.3 Å². The van der Waals surface area contributed by atoms with E-state index in [0.29, 0.717) is 15.7 Å². The number of amides is 2. The highest BCUT2D eigenvalue weighted by atomic mass is 32.1. The van der Waals surface area contributed by atoms with Crippen LogP contribution in [0.3, 0.4) is 0 Å². The molecule has 0 bridgehead atoms. The van der Waals surface area contributed by atoms with Crippen LogP contribution >= 0.6 is 22.7 Å². The Morgan fingerprint density at radius 1 is 1.14 bits per heavy atom. The molecule has 1 aliphatic heterocycles. The smallest absolute Gasteiger partial charge is 0.267 e. The van der Waals surface area contributed by atoms with E-state index in [2.05, 4.69) is 22.4 Å². The van der Waals surface area contributed by atoms with Crippen molar-refractivity contribution in [2.75, 3.05) is 11.9 Å². The van der Waals surface area contributed by atoms with Crippen LogP contribution < -0.4 is 5.32 Å². The maximum absolute atomic E-state index is 12.8. The number of rotatable bonds is 6. The lowest BCUT2D eigenvalue weighted by Crippen LogP contribution is -2.37. The number of thiophene rings is 1. The van der Waals surface area contributed by atoms with Crippen molar-refractivity contribution in [1.29, 1.82) is 0 Å². The number of anilines is 1. The van der Waals surface area contributed by atoms with E-state index in [-0.39, 0.29) is 24.3 Å². The lowest BCUT2D eigenvalue weighted by atomic mass is 10.0. The molecule has 1 fully saturated rings. The van der Waals surface area contributed by atoms with Crippen molar-refractivity contribution < 1.29 is 9.59 Å². The molecule has 1 aliphatic rings. The monoisotopic (exact) mass is 411 g/mol. The second-order valence-corrected chi connectivity index (χ2v) is 8.63. The summed E-state index contributed by atoms with van der Waals surface area (Å²) in [6.07, 6.45) is 3.25. The Balaban J connectivity index is 1.35. The molecule has 1 unspecified atom stereocenters. The summed E-state index contributed by atoms with van der Waals surface area (Å²) in [4.78, 5) is 32.0. The highest BCUT2D eigenvalue weighted by molar-refractivity contribution is 7.14. The van der Waals surface area contributed by atoms with Crippen molar-refractivity contribution in [1.82, 2.24) is 9.88 Å². The molecule has 4 rings (SSSR count). The molecule has 144 valence electrons. The SMILES string of the molecule is O=C(Nc1nc(CC(=O)N2CCCC2Cc2ccccc2)cs1)c1cccs1. The standard InChI is InChI=1S/C21H21N3O2S2/c25-19(24-10-4-8-17(24)12-15-6-2-1-3-7-15)13-16-14-28-21(22-16)23-20(26)18-9-5-11-27-18/h1-3,5-7,9,11,14,17H,4,8,10,12-13H2,(H,22,23,26). The maximum Gasteiger partial charge on any atom is 0.267 e. The number of hydrogen-bond donors (Lipinski definition) is 1. The van der Waals surface area contributed by atoms with Crippen LogP contribution in [0.2, 0.25) is 0 Å². The summed E-state index contributed by atoms with van der Waals surface area (Å²) in [5.41, 5.74) is 1.97. The minimum Gasteiger partial charge on any atom is -0.339 e. The van der Waals surface area contributed by atoms with Crippen molar-refractivity contribution in [3.8, 4) is 0 Å². The van der Waals surface area contributed by atoms with Crippen molar-refractivity contribution in [3.63, 3.8) is 0 Å². The van der Waals surface area contributed by atoms with Crippen molar-refractivity contribution in [3.05, 3.63) is 69.4 Å². The Bertz CT molecular complexity index is 938. The summed E-state index contributed by atoms with van der Waals surface area (Å²) in [6.45, 7) is 0.808. The van der Waals surface area contributed by atoms with Crippen LogP contribution in [-0.2, 0) is 17.6 Å². The number of carbonyl (C=O) groups excluding carboxylic acids is 2. The van der Waals surface area contributed by atoms with Crippen LogP contribution in [0.4, 0.5) is 5.13 Å². The number of benzene rings is 1. The Morgan fingerprint density at radius 3 is 2.79 bits per heavy atom. The summed E-state index contributed by atoms with van der Waals surface area (Å²) in [7, 11) is 0. The van der Waals surface area contributed by atoms with E-state index >= 15 is 0 Å². The van der Waals surface area contributed by atoms with E-state index in [9.17, 15) is 9.59 Å². The molecular formula is C21H21N3O2S2. The van der Waals surface area contributed by atoms with Gasteiger partial charge >= 0.3 is 0 Å². The van der Waals surface area contributed by atoms with Crippen molar-refractivity contribution >= 4 is 39.6 Å². The summed E-state index contributed by atoms with van der Waals surface area (Å²) in [5.74, 6) is -0.0513. The number of nitrogens with zero attached hydrogens (tertiary/aromatic N) is 2. The maximum atomic E-state index is 12.8. The molecule has 28 heavy (non-hydrogen) atoms. The largest absolute Gasteiger partial charge is 0.339 e. The molecule has 3 heterocycles. The molecule has 2 amide bonds. The van der Waals surface area contributed by atoms with E-state index in [1.165, 1.54) is 28.2 Å². The minimum atomic E-state index is -0.162. The summed E-state index contributed by atoms with van der Waals surface area (Å²) < 4.78 is 0.